The molecule has 0 spiro atoms. The second-order valence-electron chi connectivity index (χ2n) is 7.00. The maximum atomic E-state index is 14.0. The minimum atomic E-state index is -0.340. The molecule has 2 N–H and O–H groups in total. The van der Waals surface area contributed by atoms with Gasteiger partial charge in [-0.15, -0.1) is 24.0 Å². The number of nitrogens with zero attached hydrogens (tertiary/aromatic N) is 3. The molecule has 1 saturated heterocycles. The number of halogens is 2. The van der Waals surface area contributed by atoms with Crippen LogP contribution in [-0.2, 0) is 6.54 Å². The van der Waals surface area contributed by atoms with Crippen LogP contribution in [0.15, 0.2) is 47.5 Å². The van der Waals surface area contributed by atoms with E-state index in [1.54, 1.807) is 13.1 Å². The standard InChI is InChI=1S/C22H26FN5.HI/c1-16(18-6-5-7-20(13-18)28-10-3-4-11-28)27-22(25-2)26-15-19-12-17(14-24)8-9-21(19)23;/h5-9,12-13,16H,3-4,10-11,15H2,1-2H3,(H2,25,26,27);1H. The van der Waals surface area contributed by atoms with Gasteiger partial charge >= 0.3 is 0 Å². The van der Waals surface area contributed by atoms with Gasteiger partial charge in [-0.25, -0.2) is 4.39 Å². The van der Waals surface area contributed by atoms with Gasteiger partial charge in [0, 0.05) is 37.9 Å². The molecule has 0 aliphatic carbocycles. The van der Waals surface area contributed by atoms with E-state index in [0.717, 1.165) is 13.1 Å². The van der Waals surface area contributed by atoms with Gasteiger partial charge < -0.3 is 15.5 Å². The molecule has 1 aliphatic heterocycles. The molecule has 2 aromatic carbocycles. The second-order valence-corrected chi connectivity index (χ2v) is 7.00. The summed E-state index contributed by atoms with van der Waals surface area (Å²) in [6, 6.07) is 15.0. The second kappa shape index (κ2) is 11.0. The molecule has 2 aromatic rings. The van der Waals surface area contributed by atoms with Crippen molar-refractivity contribution in [2.75, 3.05) is 25.0 Å². The van der Waals surface area contributed by atoms with Crippen LogP contribution in [0.2, 0.25) is 0 Å². The number of rotatable bonds is 5. The Bertz CT molecular complexity index is 887. The predicted molar refractivity (Wildman–Crippen MR) is 126 cm³/mol. The summed E-state index contributed by atoms with van der Waals surface area (Å²) >= 11 is 0. The van der Waals surface area contributed by atoms with E-state index < -0.39 is 0 Å². The van der Waals surface area contributed by atoms with Crippen LogP contribution in [0.5, 0.6) is 0 Å². The van der Waals surface area contributed by atoms with Crippen LogP contribution in [0.25, 0.3) is 0 Å². The van der Waals surface area contributed by atoms with Gasteiger partial charge in [-0.3, -0.25) is 4.99 Å². The summed E-state index contributed by atoms with van der Waals surface area (Å²) < 4.78 is 14.0. The van der Waals surface area contributed by atoms with Crippen molar-refractivity contribution >= 4 is 35.6 Å². The maximum Gasteiger partial charge on any atom is 0.191 e. The van der Waals surface area contributed by atoms with Crippen molar-refractivity contribution in [3.8, 4) is 6.07 Å². The van der Waals surface area contributed by atoms with Gasteiger partial charge in [0.2, 0.25) is 0 Å². The summed E-state index contributed by atoms with van der Waals surface area (Å²) in [5.74, 6) is 0.245. The van der Waals surface area contributed by atoms with Crippen LogP contribution in [0, 0.1) is 17.1 Å². The quantitative estimate of drug-likeness (QED) is 0.359. The first kappa shape index (κ1) is 22.9. The minimum Gasteiger partial charge on any atom is -0.372 e. The Labute approximate surface area is 189 Å². The van der Waals surface area contributed by atoms with Gasteiger partial charge in [0.05, 0.1) is 17.7 Å². The first-order valence-corrected chi connectivity index (χ1v) is 9.61. The lowest BCUT2D eigenvalue weighted by molar-refractivity contribution is 0.602. The summed E-state index contributed by atoms with van der Waals surface area (Å²) in [6.45, 7) is 4.55. The zero-order valence-corrected chi connectivity index (χ0v) is 19.1. The van der Waals surface area contributed by atoms with E-state index >= 15 is 0 Å². The fraction of sp³-hybridized carbons (Fsp3) is 0.364. The number of benzene rings is 2. The summed E-state index contributed by atoms with van der Waals surface area (Å²) in [5, 5.41) is 15.5. The van der Waals surface area contributed by atoms with Crippen molar-refractivity contribution in [3.05, 3.63) is 65.0 Å². The van der Waals surface area contributed by atoms with Gasteiger partial charge in [0.1, 0.15) is 5.82 Å². The molecule has 5 nitrogen and oxygen atoms in total. The zero-order valence-electron chi connectivity index (χ0n) is 16.8. The summed E-state index contributed by atoms with van der Waals surface area (Å²) in [6.07, 6.45) is 2.50. The van der Waals surface area contributed by atoms with E-state index in [4.69, 9.17) is 5.26 Å². The average Bonchev–Trinajstić information content (AvgIpc) is 3.27. The molecule has 154 valence electrons. The highest BCUT2D eigenvalue weighted by molar-refractivity contribution is 14.0. The lowest BCUT2D eigenvalue weighted by atomic mass is 10.1. The van der Waals surface area contributed by atoms with Crippen LogP contribution in [0.3, 0.4) is 0 Å². The Kier molecular flexibility index (Phi) is 8.70. The summed E-state index contributed by atoms with van der Waals surface area (Å²) in [5.41, 5.74) is 3.30. The molecule has 1 fully saturated rings. The van der Waals surface area contributed by atoms with E-state index in [1.807, 2.05) is 6.07 Å². The average molecular weight is 507 g/mol. The number of hydrogen-bond donors (Lipinski definition) is 2. The molecule has 29 heavy (non-hydrogen) atoms. The molecule has 1 unspecified atom stereocenters. The lowest BCUT2D eigenvalue weighted by Gasteiger charge is -2.22. The van der Waals surface area contributed by atoms with Gasteiger partial charge in [0.25, 0.3) is 0 Å². The smallest absolute Gasteiger partial charge is 0.191 e. The van der Waals surface area contributed by atoms with Crippen molar-refractivity contribution in [1.29, 1.82) is 5.26 Å². The van der Waals surface area contributed by atoms with Crippen molar-refractivity contribution in [2.45, 2.75) is 32.4 Å². The van der Waals surface area contributed by atoms with Crippen LogP contribution in [0.1, 0.15) is 42.5 Å². The predicted octanol–water partition coefficient (Wildman–Crippen LogP) is 4.34. The van der Waals surface area contributed by atoms with E-state index in [9.17, 15) is 4.39 Å². The molecule has 1 atom stereocenters. The SMILES string of the molecule is CN=C(NCc1cc(C#N)ccc1F)NC(C)c1cccc(N2CCCC2)c1.I. The van der Waals surface area contributed by atoms with E-state index in [-0.39, 0.29) is 42.4 Å². The summed E-state index contributed by atoms with van der Waals surface area (Å²) in [7, 11) is 1.69. The first-order valence-electron chi connectivity index (χ1n) is 9.61. The zero-order chi connectivity index (χ0) is 19.9. The molecule has 1 aliphatic rings. The first-order chi connectivity index (χ1) is 13.6. The fourth-order valence-electron chi connectivity index (χ4n) is 3.41. The van der Waals surface area contributed by atoms with Crippen LogP contribution >= 0.6 is 24.0 Å². The highest BCUT2D eigenvalue weighted by atomic mass is 127. The number of nitriles is 1. The van der Waals surface area contributed by atoms with Crippen LogP contribution in [0.4, 0.5) is 10.1 Å². The third-order valence-corrected chi connectivity index (χ3v) is 5.04. The molecule has 0 radical (unpaired) electrons. The number of aliphatic imine (C=N–C) groups is 1. The molecule has 0 saturated carbocycles. The van der Waals surface area contributed by atoms with E-state index in [1.165, 1.54) is 36.2 Å². The third kappa shape index (κ3) is 6.07. The lowest BCUT2D eigenvalue weighted by Crippen LogP contribution is -2.38. The molecule has 3 rings (SSSR count). The van der Waals surface area contributed by atoms with Crippen LogP contribution in [-0.4, -0.2) is 26.1 Å². The Morgan fingerprint density at radius 3 is 2.69 bits per heavy atom. The Balaban J connectivity index is 0.00000300. The monoisotopic (exact) mass is 507 g/mol. The summed E-state index contributed by atoms with van der Waals surface area (Å²) in [4.78, 5) is 6.65. The number of guanidine groups is 1. The normalized spacial score (nSPS) is 14.7. The minimum absolute atomic E-state index is 0. The fourth-order valence-corrected chi connectivity index (χ4v) is 3.41. The number of hydrogen-bond acceptors (Lipinski definition) is 3. The van der Waals surface area contributed by atoms with Gasteiger partial charge in [-0.2, -0.15) is 5.26 Å². The van der Waals surface area contributed by atoms with Gasteiger partial charge in [-0.05, 0) is 55.7 Å². The van der Waals surface area contributed by atoms with Crippen molar-refractivity contribution in [1.82, 2.24) is 10.6 Å². The van der Waals surface area contributed by atoms with Gasteiger partial charge in [-0.1, -0.05) is 12.1 Å². The van der Waals surface area contributed by atoms with E-state index in [0.29, 0.717) is 17.1 Å². The Morgan fingerprint density at radius 2 is 2.00 bits per heavy atom. The molecular weight excluding hydrogens is 480 g/mol. The topological polar surface area (TPSA) is 63.5 Å². The van der Waals surface area contributed by atoms with Crippen molar-refractivity contribution in [3.63, 3.8) is 0 Å². The Morgan fingerprint density at radius 1 is 1.24 bits per heavy atom. The molecular formula is C22H27FIN5. The largest absolute Gasteiger partial charge is 0.372 e. The molecule has 7 heteroatoms. The maximum absolute atomic E-state index is 14.0. The molecule has 1 heterocycles. The molecule has 0 amide bonds. The number of anilines is 1. The van der Waals surface area contributed by atoms with E-state index in [2.05, 4.69) is 51.7 Å². The van der Waals surface area contributed by atoms with Crippen molar-refractivity contribution < 1.29 is 4.39 Å². The highest BCUT2D eigenvalue weighted by Gasteiger charge is 2.14. The number of nitrogens with one attached hydrogen (secondary N) is 2. The third-order valence-electron chi connectivity index (χ3n) is 5.04. The molecule has 0 aromatic heterocycles. The Hall–Kier alpha value is -2.34. The van der Waals surface area contributed by atoms with Gasteiger partial charge in [0.15, 0.2) is 5.96 Å². The molecule has 0 bridgehead atoms. The van der Waals surface area contributed by atoms with Crippen LogP contribution < -0.4 is 15.5 Å². The van der Waals surface area contributed by atoms with Crippen molar-refractivity contribution in [2.24, 2.45) is 4.99 Å². The highest BCUT2D eigenvalue weighted by Crippen LogP contribution is 2.24.